The molecule has 4 fully saturated rings. The molecule has 4 bridgehead atoms. The molecule has 0 heterocycles. The van der Waals surface area contributed by atoms with Gasteiger partial charge in [-0.25, -0.2) is 0 Å². The molecule has 0 aromatic carbocycles. The highest BCUT2D eigenvalue weighted by Crippen LogP contribution is 2.70. The summed E-state index contributed by atoms with van der Waals surface area (Å²) in [5.74, 6) is 0.934. The van der Waals surface area contributed by atoms with E-state index in [9.17, 15) is 5.11 Å². The fourth-order valence-electron chi connectivity index (χ4n) is 6.89. The van der Waals surface area contributed by atoms with Gasteiger partial charge in [0.1, 0.15) is 0 Å². The van der Waals surface area contributed by atoms with Crippen LogP contribution >= 0.6 is 0 Å². The second-order valence-corrected chi connectivity index (χ2v) is 9.15. The van der Waals surface area contributed by atoms with Crippen molar-refractivity contribution < 1.29 is 5.11 Å². The smallest absolute Gasteiger partial charge is 0.0582 e. The van der Waals surface area contributed by atoms with Gasteiger partial charge in [-0.2, -0.15) is 0 Å². The standard InChI is InChI=1S/C18H30O/c1-13(2)5-15(19)9-18-8-14-6-16(3,11-18)10-17(4,7-14)12-18/h14-15,19H,1,5-12H2,2-4H3. The fraction of sp³-hybridized carbons (Fsp3) is 0.889. The molecule has 4 rings (SSSR count). The van der Waals surface area contributed by atoms with Crippen LogP contribution in [0.15, 0.2) is 12.2 Å². The molecule has 0 radical (unpaired) electrons. The third-order valence-corrected chi connectivity index (χ3v) is 5.99. The predicted octanol–water partition coefficient (Wildman–Crippen LogP) is 4.70. The Labute approximate surface area is 118 Å². The van der Waals surface area contributed by atoms with E-state index in [0.717, 1.165) is 24.3 Å². The van der Waals surface area contributed by atoms with Crippen LogP contribution in [0.1, 0.15) is 72.1 Å². The topological polar surface area (TPSA) is 20.2 Å². The maximum absolute atomic E-state index is 10.4. The SMILES string of the molecule is C=C(C)CC(O)CC12CC3CC(C)(CC(C)(C3)C1)C2. The van der Waals surface area contributed by atoms with Gasteiger partial charge < -0.3 is 5.11 Å². The lowest BCUT2D eigenvalue weighted by molar-refractivity contribution is -0.156. The zero-order valence-electron chi connectivity index (χ0n) is 13.0. The molecule has 108 valence electrons. The zero-order valence-corrected chi connectivity index (χ0v) is 13.0. The summed E-state index contributed by atoms with van der Waals surface area (Å²) in [4.78, 5) is 0. The Kier molecular flexibility index (Phi) is 2.95. The van der Waals surface area contributed by atoms with E-state index in [0.29, 0.717) is 16.2 Å². The lowest BCUT2D eigenvalue weighted by atomic mass is 9.39. The van der Waals surface area contributed by atoms with Crippen LogP contribution in [0, 0.1) is 22.2 Å². The minimum Gasteiger partial charge on any atom is -0.393 e. The highest BCUT2D eigenvalue weighted by molar-refractivity contribution is 5.11. The first kappa shape index (κ1) is 13.7. The van der Waals surface area contributed by atoms with Crippen LogP contribution in [-0.2, 0) is 0 Å². The van der Waals surface area contributed by atoms with Crippen LogP contribution in [0.25, 0.3) is 0 Å². The molecule has 0 saturated heterocycles. The van der Waals surface area contributed by atoms with E-state index < -0.39 is 0 Å². The molecule has 4 aliphatic carbocycles. The maximum atomic E-state index is 10.4. The maximum Gasteiger partial charge on any atom is 0.0582 e. The molecule has 3 unspecified atom stereocenters. The van der Waals surface area contributed by atoms with E-state index in [-0.39, 0.29) is 6.10 Å². The van der Waals surface area contributed by atoms with E-state index in [1.54, 1.807) is 0 Å². The van der Waals surface area contributed by atoms with Gasteiger partial charge in [0.2, 0.25) is 0 Å². The molecule has 1 N–H and O–H groups in total. The fourth-order valence-corrected chi connectivity index (χ4v) is 6.89. The van der Waals surface area contributed by atoms with Gasteiger partial charge in [0.25, 0.3) is 0 Å². The van der Waals surface area contributed by atoms with E-state index in [2.05, 4.69) is 20.4 Å². The van der Waals surface area contributed by atoms with E-state index >= 15 is 0 Å². The average Bonchev–Trinajstić information content (AvgIpc) is 2.06. The molecular weight excluding hydrogens is 232 g/mol. The lowest BCUT2D eigenvalue weighted by Crippen LogP contribution is -2.55. The van der Waals surface area contributed by atoms with Crippen LogP contribution in [0.4, 0.5) is 0 Å². The van der Waals surface area contributed by atoms with Crippen molar-refractivity contribution >= 4 is 0 Å². The minimum atomic E-state index is -0.166. The van der Waals surface area contributed by atoms with Gasteiger partial charge in [0.15, 0.2) is 0 Å². The van der Waals surface area contributed by atoms with Crippen molar-refractivity contribution in [2.75, 3.05) is 0 Å². The minimum absolute atomic E-state index is 0.166. The van der Waals surface area contributed by atoms with Crippen molar-refractivity contribution in [2.24, 2.45) is 22.2 Å². The monoisotopic (exact) mass is 262 g/mol. The Morgan fingerprint density at radius 1 is 1.16 bits per heavy atom. The summed E-state index contributed by atoms with van der Waals surface area (Å²) in [7, 11) is 0. The van der Waals surface area contributed by atoms with Crippen molar-refractivity contribution in [3.05, 3.63) is 12.2 Å². The molecule has 0 spiro atoms. The summed E-state index contributed by atoms with van der Waals surface area (Å²) in [6, 6.07) is 0. The highest BCUT2D eigenvalue weighted by Gasteiger charge is 2.59. The zero-order chi connectivity index (χ0) is 13.9. The van der Waals surface area contributed by atoms with Gasteiger partial charge in [0.05, 0.1) is 6.10 Å². The summed E-state index contributed by atoms with van der Waals surface area (Å²) in [5, 5.41) is 10.4. The van der Waals surface area contributed by atoms with Crippen LogP contribution in [0.2, 0.25) is 0 Å². The van der Waals surface area contributed by atoms with Crippen molar-refractivity contribution in [3.63, 3.8) is 0 Å². The molecular formula is C18H30O. The molecule has 0 amide bonds. The number of aliphatic hydroxyl groups excluding tert-OH is 1. The number of hydrogen-bond acceptors (Lipinski definition) is 1. The number of hydrogen-bond donors (Lipinski definition) is 1. The third kappa shape index (κ3) is 2.51. The van der Waals surface area contributed by atoms with Crippen LogP contribution in [0.3, 0.4) is 0 Å². The summed E-state index contributed by atoms with van der Waals surface area (Å²) in [6.07, 6.45) is 10.1. The molecule has 0 aromatic rings. The molecule has 1 nitrogen and oxygen atoms in total. The summed E-state index contributed by atoms with van der Waals surface area (Å²) >= 11 is 0. The summed E-state index contributed by atoms with van der Waals surface area (Å²) in [6.45, 7) is 11.0. The van der Waals surface area contributed by atoms with E-state index in [1.165, 1.54) is 38.5 Å². The quantitative estimate of drug-likeness (QED) is 0.728. The second kappa shape index (κ2) is 4.10. The van der Waals surface area contributed by atoms with Gasteiger partial charge in [-0.05, 0) is 80.5 Å². The number of rotatable bonds is 4. The Hall–Kier alpha value is -0.300. The first-order valence-electron chi connectivity index (χ1n) is 8.04. The van der Waals surface area contributed by atoms with Crippen molar-refractivity contribution in [2.45, 2.75) is 78.2 Å². The van der Waals surface area contributed by atoms with Gasteiger partial charge >= 0.3 is 0 Å². The van der Waals surface area contributed by atoms with Gasteiger partial charge in [-0.1, -0.05) is 19.4 Å². The lowest BCUT2D eigenvalue weighted by Gasteiger charge is -2.66. The van der Waals surface area contributed by atoms with Gasteiger partial charge in [-0.15, -0.1) is 6.58 Å². The van der Waals surface area contributed by atoms with Crippen LogP contribution in [-0.4, -0.2) is 11.2 Å². The van der Waals surface area contributed by atoms with Gasteiger partial charge in [0, 0.05) is 0 Å². The molecule has 19 heavy (non-hydrogen) atoms. The van der Waals surface area contributed by atoms with Gasteiger partial charge in [-0.3, -0.25) is 0 Å². The highest BCUT2D eigenvalue weighted by atomic mass is 16.3. The molecule has 3 atom stereocenters. The van der Waals surface area contributed by atoms with E-state index in [1.807, 2.05) is 6.92 Å². The Morgan fingerprint density at radius 2 is 1.74 bits per heavy atom. The van der Waals surface area contributed by atoms with Crippen molar-refractivity contribution in [1.82, 2.24) is 0 Å². The van der Waals surface area contributed by atoms with Crippen molar-refractivity contribution in [3.8, 4) is 0 Å². The second-order valence-electron chi connectivity index (χ2n) is 9.15. The average molecular weight is 262 g/mol. The molecule has 0 aromatic heterocycles. The van der Waals surface area contributed by atoms with Crippen molar-refractivity contribution in [1.29, 1.82) is 0 Å². The van der Waals surface area contributed by atoms with Crippen LogP contribution in [0.5, 0.6) is 0 Å². The van der Waals surface area contributed by atoms with Crippen LogP contribution < -0.4 is 0 Å². The first-order chi connectivity index (χ1) is 8.72. The molecule has 4 saturated carbocycles. The summed E-state index contributed by atoms with van der Waals surface area (Å²) < 4.78 is 0. The third-order valence-electron chi connectivity index (χ3n) is 5.99. The summed E-state index contributed by atoms with van der Waals surface area (Å²) in [5.41, 5.74) is 2.70. The Morgan fingerprint density at radius 3 is 2.21 bits per heavy atom. The first-order valence-corrected chi connectivity index (χ1v) is 8.04. The van der Waals surface area contributed by atoms with E-state index in [4.69, 9.17) is 0 Å². The normalized spacial score (nSPS) is 49.4. The largest absolute Gasteiger partial charge is 0.393 e. The molecule has 0 aliphatic heterocycles. The number of aliphatic hydroxyl groups is 1. The molecule has 1 heteroatoms. The Bertz CT molecular complexity index is 378. The molecule has 4 aliphatic rings. The Balaban J connectivity index is 1.79. The predicted molar refractivity (Wildman–Crippen MR) is 79.9 cm³/mol.